The number of anilines is 12. The van der Waals surface area contributed by atoms with E-state index in [-0.39, 0.29) is 77.5 Å². The second kappa shape index (κ2) is 28.1. The van der Waals surface area contributed by atoms with Crippen LogP contribution in [0.15, 0.2) is 163 Å². The van der Waals surface area contributed by atoms with E-state index in [0.29, 0.717) is 0 Å². The molecule has 6 aromatic carbocycles. The summed E-state index contributed by atoms with van der Waals surface area (Å²) in [5.74, 6) is -6.27. The van der Waals surface area contributed by atoms with Gasteiger partial charge in [-0.2, -0.15) is 46.7 Å². The maximum absolute atomic E-state index is 13.3. The van der Waals surface area contributed by atoms with E-state index in [4.69, 9.17) is 22.9 Å². The second-order valence-corrected chi connectivity index (χ2v) is 28.9. The Balaban J connectivity index is 1.15. The van der Waals surface area contributed by atoms with Crippen molar-refractivity contribution in [3.8, 4) is 11.1 Å². The smallest absolute Gasteiger partial charge is 0.295 e. The number of nitrogens with two attached hydrogens (primary N) is 4. The van der Waals surface area contributed by atoms with Crippen molar-refractivity contribution in [1.29, 1.82) is 0 Å². The molecule has 0 radical (unpaired) electrons. The van der Waals surface area contributed by atoms with Crippen LogP contribution in [0.5, 0.6) is 0 Å². The van der Waals surface area contributed by atoms with Crippen molar-refractivity contribution in [1.82, 2.24) is 48.8 Å². The number of rotatable bonds is 31. The maximum atomic E-state index is 13.3. The summed E-state index contributed by atoms with van der Waals surface area (Å²) in [6.45, 7) is -2.95. The van der Waals surface area contributed by atoms with Gasteiger partial charge in [-0.15, -0.1) is 0 Å². The molecule has 44 heteroatoms. The van der Waals surface area contributed by atoms with Gasteiger partial charge in [0.25, 0.3) is 20.2 Å². The number of amides is 4. The van der Waals surface area contributed by atoms with E-state index in [1.165, 1.54) is 72.8 Å². The molecule has 94 heavy (non-hydrogen) atoms. The van der Waals surface area contributed by atoms with Gasteiger partial charge in [0.2, 0.25) is 99.4 Å². The third kappa shape index (κ3) is 18.8. The summed E-state index contributed by atoms with van der Waals surface area (Å²) in [5, 5.41) is 16.5. The number of nitrogens with one attached hydrogen (secondary N) is 10. The highest BCUT2D eigenvalue weighted by atomic mass is 32.2. The normalized spacial score (nSPS) is 12.1. The van der Waals surface area contributed by atoms with Gasteiger partial charge in [-0.05, 0) is 97.1 Å². The third-order valence-electron chi connectivity index (χ3n) is 11.9. The molecule has 4 amide bonds. The summed E-state index contributed by atoms with van der Waals surface area (Å²) in [6.07, 6.45) is 0. The molecule has 2 heterocycles. The highest BCUT2D eigenvalue weighted by Gasteiger charge is 2.27. The van der Waals surface area contributed by atoms with E-state index in [9.17, 15) is 78.8 Å². The fraction of sp³-hybridized carbons (Fsp3) is 0.0800. The Morgan fingerprint density at radius 3 is 0.702 bits per heavy atom. The summed E-state index contributed by atoms with van der Waals surface area (Å²) < 4.78 is 187. The van der Waals surface area contributed by atoms with Gasteiger partial charge in [0.05, 0.1) is 45.8 Å². The third-order valence-corrected chi connectivity index (χ3v) is 19.3. The Kier molecular flexibility index (Phi) is 20.8. The first kappa shape index (κ1) is 69.4. The molecule has 0 atom stereocenters. The van der Waals surface area contributed by atoms with Gasteiger partial charge in [0.15, 0.2) is 0 Å². The zero-order chi connectivity index (χ0) is 68.6. The SMILES string of the molecule is NC(=O)CNS(=O)(=O)c1cccc(Nc2nc(Nc3cccc(S(=O)(=O)NCC(N)=O)c3)nc(Nc3ccc(-c4ccc(Nc5nc(Nc6cccc(S(=O)(=O)NCC(N)=O)c6)nc(Nc6cccc(S(=O)(=O)NCC(N)=O)c6)n5)cc4S(=O)(=O)O)c(S(=O)(=O)O)c3)n2)c1. The van der Waals surface area contributed by atoms with Crippen LogP contribution in [0.4, 0.5) is 69.8 Å². The molecular weight excluding hydrogens is 1360 g/mol. The summed E-state index contributed by atoms with van der Waals surface area (Å²) in [4.78, 5) is 67.8. The summed E-state index contributed by atoms with van der Waals surface area (Å²) >= 11 is 0. The summed E-state index contributed by atoms with van der Waals surface area (Å²) in [7, 11) is -28.0. The number of nitrogens with zero attached hydrogens (tertiary/aromatic N) is 6. The Bertz CT molecular complexity index is 4520. The number of hydrogen-bond donors (Lipinski definition) is 16. The fourth-order valence-electron chi connectivity index (χ4n) is 7.90. The molecule has 0 unspecified atom stereocenters. The van der Waals surface area contributed by atoms with Crippen LogP contribution in [0.3, 0.4) is 0 Å². The van der Waals surface area contributed by atoms with Crippen LogP contribution >= 0.6 is 0 Å². The molecule has 2 aromatic heterocycles. The summed E-state index contributed by atoms with van der Waals surface area (Å²) in [6, 6.07) is 26.0. The lowest BCUT2D eigenvalue weighted by Gasteiger charge is -2.16. The van der Waals surface area contributed by atoms with E-state index in [1.807, 2.05) is 18.9 Å². The lowest BCUT2D eigenvalue weighted by atomic mass is 10.0. The molecule has 8 rings (SSSR count). The number of sulfonamides is 4. The number of primary amides is 4. The first-order valence-corrected chi connectivity index (χ1v) is 34.7. The molecule has 0 bridgehead atoms. The number of aromatic nitrogens is 6. The molecule has 494 valence electrons. The van der Waals surface area contributed by atoms with Gasteiger partial charge in [-0.3, -0.25) is 28.3 Å². The van der Waals surface area contributed by atoms with Crippen LogP contribution < -0.4 is 73.7 Å². The van der Waals surface area contributed by atoms with Crippen LogP contribution in [0, 0.1) is 0 Å². The van der Waals surface area contributed by atoms with Crippen molar-refractivity contribution >= 4 is 154 Å². The van der Waals surface area contributed by atoms with Crippen molar-refractivity contribution < 1.29 is 78.8 Å². The number of hydrogen-bond acceptors (Lipinski definition) is 28. The van der Waals surface area contributed by atoms with Gasteiger partial charge in [0.1, 0.15) is 9.79 Å². The van der Waals surface area contributed by atoms with E-state index in [2.05, 4.69) is 61.8 Å². The van der Waals surface area contributed by atoms with Crippen molar-refractivity contribution in [3.63, 3.8) is 0 Å². The molecule has 0 fully saturated rings. The first-order valence-electron chi connectivity index (χ1n) is 25.9. The monoisotopic (exact) mass is 1410 g/mol. The fourth-order valence-corrected chi connectivity index (χ4v) is 13.5. The zero-order valence-corrected chi connectivity index (χ0v) is 52.3. The highest BCUT2D eigenvalue weighted by molar-refractivity contribution is 7.90. The molecule has 0 aliphatic heterocycles. The van der Waals surface area contributed by atoms with E-state index < -0.39 is 143 Å². The Hall–Kier alpha value is -10.5. The predicted octanol–water partition coefficient (Wildman–Crippen LogP) is -0.267. The number of carbonyl (C=O) groups is 4. The molecule has 38 nitrogen and oxygen atoms in total. The van der Waals surface area contributed by atoms with Gasteiger partial charge in [-0.25, -0.2) is 52.6 Å². The van der Waals surface area contributed by atoms with Crippen LogP contribution in [-0.4, -0.2) is 139 Å². The highest BCUT2D eigenvalue weighted by Crippen LogP contribution is 2.37. The van der Waals surface area contributed by atoms with Crippen LogP contribution in [0.25, 0.3) is 11.1 Å². The van der Waals surface area contributed by atoms with Crippen molar-refractivity contribution in [2.24, 2.45) is 22.9 Å². The molecule has 0 aliphatic rings. The van der Waals surface area contributed by atoms with E-state index in [1.54, 1.807) is 0 Å². The standard InChI is InChI=1S/C50H50N20O18S6/c51-41(71)23-55-89(75,76)33-9-1-5-27(17-33)59-45-65-46(60-28-6-2-10-34(18-28)90(77,78)56-24-42(52)72)68-49(67-45)63-31-13-15-37(39(21-31)93(83,84)85)38-16-14-32(22-40(38)94(86,87)88)64-50-69-47(61-29-7-3-11-35(19-29)91(79,80)57-25-43(53)73)66-48(70-50)62-30-8-4-12-36(20-30)92(81,82)58-26-44(54)74/h1-22,55-58H,23-26H2,(H2,51,71)(H2,52,72)(H2,53,73)(H2,54,74)(H,83,84,85)(H,86,87,88)(H3,59,60,63,65,67,68)(H3,61,62,64,66,69,70). The Morgan fingerprint density at radius 2 is 0.511 bits per heavy atom. The number of carbonyl (C=O) groups excluding carboxylic acids is 4. The number of benzene rings is 6. The van der Waals surface area contributed by atoms with Crippen molar-refractivity contribution in [2.45, 2.75) is 29.4 Å². The minimum atomic E-state index is -5.38. The van der Waals surface area contributed by atoms with E-state index in [0.717, 1.165) is 60.7 Å². The molecule has 0 aliphatic carbocycles. The molecule has 20 N–H and O–H groups in total. The quantitative estimate of drug-likeness (QED) is 0.0249. The predicted molar refractivity (Wildman–Crippen MR) is 334 cm³/mol. The molecule has 0 saturated heterocycles. The lowest BCUT2D eigenvalue weighted by molar-refractivity contribution is -0.117. The second-order valence-electron chi connectivity index (χ2n) is 19.0. The largest absolute Gasteiger partial charge is 0.369 e. The molecular formula is C50H50N20O18S6. The topological polar surface area (TPSA) is 615 Å². The minimum Gasteiger partial charge on any atom is -0.369 e. The van der Waals surface area contributed by atoms with Crippen molar-refractivity contribution in [3.05, 3.63) is 133 Å². The van der Waals surface area contributed by atoms with Crippen LogP contribution in [0.1, 0.15) is 0 Å². The van der Waals surface area contributed by atoms with Gasteiger partial charge < -0.3 is 54.8 Å². The zero-order valence-electron chi connectivity index (χ0n) is 47.4. The lowest BCUT2D eigenvalue weighted by Crippen LogP contribution is -2.33. The van der Waals surface area contributed by atoms with Crippen LogP contribution in [0.2, 0.25) is 0 Å². The van der Waals surface area contributed by atoms with Crippen LogP contribution in [-0.2, 0) is 79.5 Å². The average molecular weight is 1410 g/mol. The van der Waals surface area contributed by atoms with E-state index >= 15 is 0 Å². The minimum absolute atomic E-state index is 0.0183. The Morgan fingerprint density at radius 1 is 0.309 bits per heavy atom. The molecule has 0 saturated carbocycles. The van der Waals surface area contributed by atoms with Gasteiger partial charge in [-0.1, -0.05) is 36.4 Å². The maximum Gasteiger partial charge on any atom is 0.295 e. The summed E-state index contributed by atoms with van der Waals surface area (Å²) in [5.41, 5.74) is 19.0. The van der Waals surface area contributed by atoms with Gasteiger partial charge in [0, 0.05) is 45.3 Å². The van der Waals surface area contributed by atoms with Gasteiger partial charge >= 0.3 is 0 Å². The average Bonchev–Trinajstić information content (AvgIpc) is 0.773. The molecule has 0 spiro atoms. The first-order chi connectivity index (χ1) is 44.0. The van der Waals surface area contributed by atoms with Crippen molar-refractivity contribution in [2.75, 3.05) is 58.1 Å². The Labute approximate surface area is 533 Å². The molecule has 8 aromatic rings.